The fourth-order valence-corrected chi connectivity index (χ4v) is 4.39. The molecular formula is C24H25N5O2. The lowest BCUT2D eigenvalue weighted by Gasteiger charge is -2.44. The van der Waals surface area contributed by atoms with Gasteiger partial charge in [-0.05, 0) is 37.0 Å². The quantitative estimate of drug-likeness (QED) is 0.706. The molecule has 0 bridgehead atoms. The predicted molar refractivity (Wildman–Crippen MR) is 117 cm³/mol. The summed E-state index contributed by atoms with van der Waals surface area (Å²) in [6.07, 6.45) is 7.68. The summed E-state index contributed by atoms with van der Waals surface area (Å²) >= 11 is 0. The Kier molecular flexibility index (Phi) is 5.34. The summed E-state index contributed by atoms with van der Waals surface area (Å²) in [7, 11) is 0. The summed E-state index contributed by atoms with van der Waals surface area (Å²) in [5.74, 6) is 0.811. The Balaban J connectivity index is 1.30. The maximum Gasteiger partial charge on any atom is 0.241 e. The number of nitrogens with zero attached hydrogens (tertiary/aromatic N) is 4. The van der Waals surface area contributed by atoms with Crippen LogP contribution in [-0.4, -0.2) is 52.0 Å². The van der Waals surface area contributed by atoms with Gasteiger partial charge in [-0.2, -0.15) is 0 Å². The number of fused-ring (bicyclic) bond motifs is 2. The highest BCUT2D eigenvalue weighted by Gasteiger charge is 2.43. The molecule has 1 spiro atoms. The molecule has 0 unspecified atom stereocenters. The molecule has 0 saturated carbocycles. The van der Waals surface area contributed by atoms with Gasteiger partial charge in [0, 0.05) is 37.2 Å². The molecule has 2 aromatic heterocycles. The fourth-order valence-electron chi connectivity index (χ4n) is 4.39. The third-order valence-corrected chi connectivity index (χ3v) is 6.11. The van der Waals surface area contributed by atoms with E-state index in [-0.39, 0.29) is 12.5 Å². The molecule has 1 fully saturated rings. The van der Waals surface area contributed by atoms with Crippen molar-refractivity contribution in [3.8, 4) is 11.4 Å². The summed E-state index contributed by atoms with van der Waals surface area (Å²) in [5, 5.41) is 3.15. The number of amides is 1. The number of aromatic nitrogens is 3. The Morgan fingerprint density at radius 1 is 1.10 bits per heavy atom. The number of likely N-dealkylation sites (tertiary alicyclic amines) is 1. The Bertz CT molecular complexity index is 1050. The molecule has 1 aromatic carbocycles. The van der Waals surface area contributed by atoms with Crippen LogP contribution in [0.3, 0.4) is 0 Å². The van der Waals surface area contributed by atoms with Crippen LogP contribution in [-0.2, 0) is 21.6 Å². The number of hydrogen-bond acceptors (Lipinski definition) is 6. The minimum absolute atomic E-state index is 0.0856. The molecule has 4 heterocycles. The number of nitrogens with one attached hydrogen (secondary N) is 1. The second-order valence-electron chi connectivity index (χ2n) is 8.00. The van der Waals surface area contributed by atoms with Gasteiger partial charge in [-0.3, -0.25) is 9.78 Å². The molecule has 5 rings (SSSR count). The van der Waals surface area contributed by atoms with Gasteiger partial charge in [-0.25, -0.2) is 9.97 Å². The van der Waals surface area contributed by atoms with E-state index < -0.39 is 5.60 Å². The van der Waals surface area contributed by atoms with Gasteiger partial charge in [0.2, 0.25) is 5.91 Å². The van der Waals surface area contributed by atoms with Crippen LogP contribution < -0.4 is 5.32 Å². The molecule has 7 nitrogen and oxygen atoms in total. The number of hydrogen-bond donors (Lipinski definition) is 1. The van der Waals surface area contributed by atoms with Gasteiger partial charge >= 0.3 is 0 Å². The Labute approximate surface area is 181 Å². The average Bonchev–Trinajstić information content (AvgIpc) is 2.84. The first-order valence-electron chi connectivity index (χ1n) is 10.7. The van der Waals surface area contributed by atoms with E-state index in [0.717, 1.165) is 47.6 Å². The van der Waals surface area contributed by atoms with Crippen LogP contribution in [0.5, 0.6) is 0 Å². The van der Waals surface area contributed by atoms with Crippen LogP contribution in [0.2, 0.25) is 0 Å². The van der Waals surface area contributed by atoms with Gasteiger partial charge in [0.1, 0.15) is 5.60 Å². The highest BCUT2D eigenvalue weighted by molar-refractivity contribution is 5.81. The van der Waals surface area contributed by atoms with Crippen molar-refractivity contribution in [3.63, 3.8) is 0 Å². The summed E-state index contributed by atoms with van der Waals surface area (Å²) in [6.45, 7) is 2.23. The zero-order chi connectivity index (χ0) is 21.1. The summed E-state index contributed by atoms with van der Waals surface area (Å²) in [4.78, 5) is 28.2. The van der Waals surface area contributed by atoms with Gasteiger partial charge in [0.25, 0.3) is 0 Å². The highest BCUT2D eigenvalue weighted by atomic mass is 16.5. The molecule has 158 valence electrons. The number of rotatable bonds is 4. The minimum atomic E-state index is -0.437. The van der Waals surface area contributed by atoms with Crippen LogP contribution in [0.15, 0.2) is 61.1 Å². The van der Waals surface area contributed by atoms with E-state index in [1.54, 1.807) is 12.4 Å². The first-order chi connectivity index (χ1) is 15.2. The molecule has 1 saturated heterocycles. The molecule has 1 N–H and O–H groups in total. The van der Waals surface area contributed by atoms with Crippen LogP contribution in [0.1, 0.15) is 24.1 Å². The van der Waals surface area contributed by atoms with Gasteiger partial charge in [0.15, 0.2) is 5.82 Å². The molecule has 7 heteroatoms. The number of benzene rings is 1. The van der Waals surface area contributed by atoms with Crippen molar-refractivity contribution in [1.29, 1.82) is 0 Å². The van der Waals surface area contributed by atoms with Crippen molar-refractivity contribution in [2.75, 3.05) is 31.6 Å². The van der Waals surface area contributed by atoms with Gasteiger partial charge in [-0.1, -0.05) is 30.3 Å². The Hall–Kier alpha value is -3.32. The van der Waals surface area contributed by atoms with E-state index in [1.165, 1.54) is 0 Å². The van der Waals surface area contributed by atoms with Crippen molar-refractivity contribution in [2.45, 2.75) is 24.9 Å². The molecule has 31 heavy (non-hydrogen) atoms. The zero-order valence-electron chi connectivity index (χ0n) is 17.3. The molecule has 2 aliphatic heterocycles. The molecule has 2 aliphatic rings. The average molecular weight is 415 g/mol. The number of ether oxygens (including phenoxy) is 1. The van der Waals surface area contributed by atoms with Crippen molar-refractivity contribution >= 4 is 11.6 Å². The van der Waals surface area contributed by atoms with Crippen LogP contribution in [0.4, 0.5) is 5.69 Å². The van der Waals surface area contributed by atoms with Crippen LogP contribution in [0.25, 0.3) is 11.4 Å². The molecule has 0 radical (unpaired) electrons. The van der Waals surface area contributed by atoms with E-state index in [1.807, 2.05) is 53.6 Å². The van der Waals surface area contributed by atoms with E-state index in [0.29, 0.717) is 19.7 Å². The van der Waals surface area contributed by atoms with Gasteiger partial charge in [0.05, 0.1) is 24.5 Å². The maximum atomic E-state index is 12.7. The van der Waals surface area contributed by atoms with Crippen molar-refractivity contribution in [1.82, 2.24) is 19.9 Å². The Morgan fingerprint density at radius 3 is 2.71 bits per heavy atom. The topological polar surface area (TPSA) is 80.2 Å². The van der Waals surface area contributed by atoms with E-state index >= 15 is 0 Å². The predicted octanol–water partition coefficient (Wildman–Crippen LogP) is 3.04. The fraction of sp³-hybridized carbons (Fsp3) is 0.333. The standard InChI is InChI=1S/C24H25N5O2/c30-21(17-26-20-7-4-11-25-16-20)29-12-9-24(10-13-29)22-19(8-14-31-24)15-27-23(28-22)18-5-2-1-3-6-18/h1-7,11,15-16,26H,8-10,12-14,17H2. The summed E-state index contributed by atoms with van der Waals surface area (Å²) in [5.41, 5.74) is 3.56. The maximum absolute atomic E-state index is 12.7. The normalized spacial score (nSPS) is 17.2. The monoisotopic (exact) mass is 415 g/mol. The van der Waals surface area contributed by atoms with Gasteiger partial charge in [-0.15, -0.1) is 0 Å². The number of pyridine rings is 1. The first kappa shape index (κ1) is 19.6. The SMILES string of the molecule is O=C(CNc1cccnc1)N1CCC2(CC1)OCCc1cnc(-c3ccccc3)nc12. The summed E-state index contributed by atoms with van der Waals surface area (Å²) in [6, 6.07) is 13.8. The van der Waals surface area contributed by atoms with E-state index in [2.05, 4.69) is 15.3 Å². The number of carbonyl (C=O) groups excluding carboxylic acids is 1. The van der Waals surface area contributed by atoms with Crippen molar-refractivity contribution in [3.05, 3.63) is 72.3 Å². The third-order valence-electron chi connectivity index (χ3n) is 6.11. The van der Waals surface area contributed by atoms with E-state index in [9.17, 15) is 4.79 Å². The number of carbonyl (C=O) groups is 1. The molecule has 0 atom stereocenters. The van der Waals surface area contributed by atoms with Crippen LogP contribution >= 0.6 is 0 Å². The molecule has 0 aliphatic carbocycles. The molecule has 1 amide bonds. The largest absolute Gasteiger partial charge is 0.375 e. The van der Waals surface area contributed by atoms with Crippen LogP contribution in [0, 0.1) is 0 Å². The lowest BCUT2D eigenvalue weighted by Crippen LogP contribution is -2.50. The zero-order valence-corrected chi connectivity index (χ0v) is 17.3. The molecular weight excluding hydrogens is 390 g/mol. The lowest BCUT2D eigenvalue weighted by atomic mass is 9.83. The second kappa shape index (κ2) is 8.43. The third kappa shape index (κ3) is 4.01. The minimum Gasteiger partial charge on any atom is -0.375 e. The second-order valence-corrected chi connectivity index (χ2v) is 8.00. The smallest absolute Gasteiger partial charge is 0.241 e. The highest BCUT2D eigenvalue weighted by Crippen LogP contribution is 2.40. The number of anilines is 1. The molecule has 3 aromatic rings. The lowest BCUT2D eigenvalue weighted by molar-refractivity contribution is -0.139. The first-order valence-corrected chi connectivity index (χ1v) is 10.7. The Morgan fingerprint density at radius 2 is 1.94 bits per heavy atom. The number of piperidine rings is 1. The van der Waals surface area contributed by atoms with Crippen molar-refractivity contribution in [2.24, 2.45) is 0 Å². The summed E-state index contributed by atoms with van der Waals surface area (Å²) < 4.78 is 6.33. The van der Waals surface area contributed by atoms with E-state index in [4.69, 9.17) is 9.72 Å². The van der Waals surface area contributed by atoms with Crippen molar-refractivity contribution < 1.29 is 9.53 Å². The van der Waals surface area contributed by atoms with Gasteiger partial charge < -0.3 is 15.0 Å².